The van der Waals surface area contributed by atoms with Crippen molar-refractivity contribution in [1.29, 1.82) is 0 Å². The number of thiazole rings is 1. The van der Waals surface area contributed by atoms with E-state index in [-0.39, 0.29) is 11.1 Å². The summed E-state index contributed by atoms with van der Waals surface area (Å²) in [6.45, 7) is 2.24. The third-order valence-electron chi connectivity index (χ3n) is 4.19. The number of nitrogens with zero attached hydrogens (tertiary/aromatic N) is 2. The van der Waals surface area contributed by atoms with Gasteiger partial charge in [0.05, 0.1) is 10.9 Å². The fraction of sp³-hybridized carbons (Fsp3) is 0.312. The van der Waals surface area contributed by atoms with Crippen molar-refractivity contribution >= 4 is 26.3 Å². The Morgan fingerprint density at radius 2 is 2.04 bits per heavy atom. The fourth-order valence-corrected chi connectivity index (χ4v) is 5.05. The lowest BCUT2D eigenvalue weighted by Crippen LogP contribution is -2.26. The molecule has 126 valence electrons. The summed E-state index contributed by atoms with van der Waals surface area (Å²) in [6, 6.07) is 6.21. The lowest BCUT2D eigenvalue weighted by Gasteiger charge is -2.04. The fourth-order valence-electron chi connectivity index (χ4n) is 2.58. The van der Waals surface area contributed by atoms with Crippen LogP contribution in [0.25, 0.3) is 16.2 Å². The third-order valence-corrected chi connectivity index (χ3v) is 7.24. The van der Waals surface area contributed by atoms with Crippen LogP contribution in [0.2, 0.25) is 0 Å². The lowest BCUT2D eigenvalue weighted by molar-refractivity contribution is 0.580. The molecule has 0 unspecified atom stereocenters. The summed E-state index contributed by atoms with van der Waals surface area (Å²) in [6.07, 6.45) is 3.40. The number of hydrogen-bond donors (Lipinski definition) is 1. The second-order valence-electron chi connectivity index (χ2n) is 5.96. The van der Waals surface area contributed by atoms with Crippen LogP contribution in [0.1, 0.15) is 23.4 Å². The highest BCUT2D eigenvalue weighted by molar-refractivity contribution is 7.90. The molecule has 0 bridgehead atoms. The number of halogens is 1. The molecule has 0 saturated heterocycles. The number of nitrogens with one attached hydrogen (secondary N) is 1. The highest BCUT2D eigenvalue weighted by Crippen LogP contribution is 2.30. The van der Waals surface area contributed by atoms with Gasteiger partial charge in [0.15, 0.2) is 4.96 Å². The first-order chi connectivity index (χ1) is 11.4. The predicted octanol–water partition coefficient (Wildman–Crippen LogP) is 3.09. The largest absolute Gasteiger partial charge is 0.294 e. The molecule has 0 aliphatic heterocycles. The van der Waals surface area contributed by atoms with Gasteiger partial charge in [-0.15, -0.1) is 0 Å². The van der Waals surface area contributed by atoms with Crippen LogP contribution in [-0.2, 0) is 16.6 Å². The molecule has 0 spiro atoms. The number of sulfonamides is 1. The molecule has 2 heterocycles. The Labute approximate surface area is 143 Å². The van der Waals surface area contributed by atoms with Gasteiger partial charge in [-0.1, -0.05) is 11.3 Å². The van der Waals surface area contributed by atoms with E-state index in [1.165, 1.54) is 23.5 Å². The van der Waals surface area contributed by atoms with Crippen molar-refractivity contribution in [3.05, 3.63) is 46.9 Å². The van der Waals surface area contributed by atoms with Crippen molar-refractivity contribution in [2.75, 3.05) is 0 Å². The maximum Gasteiger partial charge on any atom is 0.214 e. The number of benzene rings is 1. The van der Waals surface area contributed by atoms with E-state index in [9.17, 15) is 12.8 Å². The second-order valence-corrected chi connectivity index (χ2v) is 9.07. The van der Waals surface area contributed by atoms with Gasteiger partial charge in [-0.25, -0.2) is 22.5 Å². The van der Waals surface area contributed by atoms with Gasteiger partial charge in [0.25, 0.3) is 0 Å². The number of imidazole rings is 1. The van der Waals surface area contributed by atoms with Crippen molar-refractivity contribution in [3.63, 3.8) is 0 Å². The van der Waals surface area contributed by atoms with E-state index in [1.807, 2.05) is 17.5 Å². The zero-order valence-corrected chi connectivity index (χ0v) is 14.6. The number of aromatic nitrogens is 2. The Hall–Kier alpha value is -1.77. The predicted molar refractivity (Wildman–Crippen MR) is 92.0 cm³/mol. The van der Waals surface area contributed by atoms with Crippen molar-refractivity contribution in [2.45, 2.75) is 31.6 Å². The van der Waals surface area contributed by atoms with Gasteiger partial charge in [0, 0.05) is 28.9 Å². The van der Waals surface area contributed by atoms with Crippen LogP contribution in [0.5, 0.6) is 0 Å². The minimum absolute atomic E-state index is 0.216. The zero-order chi connectivity index (χ0) is 16.9. The SMILES string of the molecule is Cc1c(CNS(=O)(=O)C2CC2)sc2nc(-c3ccc(F)cc3)cn12. The Balaban J connectivity index is 1.59. The molecule has 2 aromatic heterocycles. The molecule has 1 aliphatic carbocycles. The molecule has 1 N–H and O–H groups in total. The molecule has 4 rings (SSSR count). The Morgan fingerprint density at radius 1 is 1.33 bits per heavy atom. The molecule has 24 heavy (non-hydrogen) atoms. The van der Waals surface area contributed by atoms with Gasteiger partial charge in [-0.3, -0.25) is 4.40 Å². The van der Waals surface area contributed by atoms with E-state index >= 15 is 0 Å². The Bertz CT molecular complexity index is 1000. The third kappa shape index (κ3) is 2.85. The number of rotatable bonds is 5. The van der Waals surface area contributed by atoms with Crippen LogP contribution in [0.15, 0.2) is 30.5 Å². The summed E-state index contributed by atoms with van der Waals surface area (Å²) in [4.78, 5) is 6.32. The van der Waals surface area contributed by atoms with E-state index < -0.39 is 10.0 Å². The zero-order valence-electron chi connectivity index (χ0n) is 13.0. The summed E-state index contributed by atoms with van der Waals surface area (Å²) < 4.78 is 41.5. The topological polar surface area (TPSA) is 63.5 Å². The molecule has 0 radical (unpaired) electrons. The van der Waals surface area contributed by atoms with Gasteiger partial charge in [-0.05, 0) is 44.0 Å². The molecular weight excluding hydrogens is 349 g/mol. The van der Waals surface area contributed by atoms with Crippen molar-refractivity contribution < 1.29 is 12.8 Å². The first-order valence-corrected chi connectivity index (χ1v) is 10.0. The van der Waals surface area contributed by atoms with E-state index in [0.717, 1.165) is 39.6 Å². The number of aryl methyl sites for hydroxylation is 1. The summed E-state index contributed by atoms with van der Waals surface area (Å²) in [5.41, 5.74) is 2.59. The molecular formula is C16H16FN3O2S2. The van der Waals surface area contributed by atoms with E-state index in [4.69, 9.17) is 0 Å². The maximum absolute atomic E-state index is 13.0. The monoisotopic (exact) mass is 365 g/mol. The average molecular weight is 365 g/mol. The van der Waals surface area contributed by atoms with Gasteiger partial charge in [-0.2, -0.15) is 0 Å². The van der Waals surface area contributed by atoms with Crippen LogP contribution >= 0.6 is 11.3 Å². The first-order valence-electron chi connectivity index (χ1n) is 7.66. The highest BCUT2D eigenvalue weighted by atomic mass is 32.2. The summed E-state index contributed by atoms with van der Waals surface area (Å²) in [5.74, 6) is -0.277. The van der Waals surface area contributed by atoms with Gasteiger partial charge in [0.2, 0.25) is 10.0 Å². The summed E-state index contributed by atoms with van der Waals surface area (Å²) in [5, 5.41) is -0.216. The minimum atomic E-state index is -3.19. The molecule has 0 amide bonds. The van der Waals surface area contributed by atoms with Gasteiger partial charge < -0.3 is 0 Å². The van der Waals surface area contributed by atoms with E-state index in [2.05, 4.69) is 9.71 Å². The molecule has 0 atom stereocenters. The van der Waals surface area contributed by atoms with Crippen molar-refractivity contribution in [2.24, 2.45) is 0 Å². The molecule has 3 aromatic rings. The molecule has 1 aliphatic rings. The normalized spacial score (nSPS) is 15.2. The standard InChI is InChI=1S/C16H16FN3O2S2/c1-10-15(8-18-24(21,22)13-6-7-13)23-16-19-14(9-20(10)16)11-2-4-12(17)5-3-11/h2-5,9,13,18H,6-8H2,1H3. The van der Waals surface area contributed by atoms with Gasteiger partial charge in [0.1, 0.15) is 5.82 Å². The van der Waals surface area contributed by atoms with Crippen LogP contribution in [0.4, 0.5) is 4.39 Å². The lowest BCUT2D eigenvalue weighted by atomic mass is 10.2. The molecule has 8 heteroatoms. The van der Waals surface area contributed by atoms with Crippen molar-refractivity contribution in [3.8, 4) is 11.3 Å². The molecule has 1 fully saturated rings. The first kappa shape index (κ1) is 15.7. The average Bonchev–Trinajstić information content (AvgIpc) is 3.27. The summed E-state index contributed by atoms with van der Waals surface area (Å²) in [7, 11) is -3.19. The molecule has 5 nitrogen and oxygen atoms in total. The minimum Gasteiger partial charge on any atom is -0.294 e. The van der Waals surface area contributed by atoms with Crippen LogP contribution in [0, 0.1) is 12.7 Å². The van der Waals surface area contributed by atoms with Crippen LogP contribution in [0.3, 0.4) is 0 Å². The highest BCUT2D eigenvalue weighted by Gasteiger charge is 2.35. The second kappa shape index (κ2) is 5.65. The van der Waals surface area contributed by atoms with Crippen LogP contribution in [-0.4, -0.2) is 23.1 Å². The van der Waals surface area contributed by atoms with Crippen LogP contribution < -0.4 is 4.72 Å². The maximum atomic E-state index is 13.0. The Kier molecular flexibility index (Phi) is 3.70. The number of hydrogen-bond acceptors (Lipinski definition) is 4. The van der Waals surface area contributed by atoms with E-state index in [1.54, 1.807) is 12.1 Å². The van der Waals surface area contributed by atoms with E-state index in [0.29, 0.717) is 6.54 Å². The molecule has 1 aromatic carbocycles. The van der Waals surface area contributed by atoms with Crippen molar-refractivity contribution in [1.82, 2.24) is 14.1 Å². The number of fused-ring (bicyclic) bond motifs is 1. The molecule has 1 saturated carbocycles. The smallest absolute Gasteiger partial charge is 0.214 e. The van der Waals surface area contributed by atoms with Gasteiger partial charge >= 0.3 is 0 Å². The summed E-state index contributed by atoms with van der Waals surface area (Å²) >= 11 is 1.47. The quantitative estimate of drug-likeness (QED) is 0.756. The Morgan fingerprint density at radius 3 is 2.67 bits per heavy atom.